The van der Waals surface area contributed by atoms with E-state index in [1.807, 2.05) is 4.90 Å². The highest BCUT2D eigenvalue weighted by Crippen LogP contribution is 2.27. The summed E-state index contributed by atoms with van der Waals surface area (Å²) in [5.74, 6) is -0.321. The van der Waals surface area contributed by atoms with Gasteiger partial charge in [-0.25, -0.2) is 0 Å². The molecule has 0 unspecified atom stereocenters. The maximum atomic E-state index is 12.4. The Morgan fingerprint density at radius 2 is 1.95 bits per heavy atom. The predicted octanol–water partition coefficient (Wildman–Crippen LogP) is 1.24. The highest BCUT2D eigenvalue weighted by Gasteiger charge is 2.32. The van der Waals surface area contributed by atoms with Crippen molar-refractivity contribution in [2.24, 2.45) is 0 Å². The maximum Gasteiger partial charge on any atom is 0.433 e. The first-order valence-electron chi connectivity index (χ1n) is 7.00. The molecule has 0 aliphatic carbocycles. The van der Waals surface area contributed by atoms with Gasteiger partial charge in [0.2, 0.25) is 0 Å². The largest absolute Gasteiger partial charge is 0.433 e. The third-order valence-corrected chi connectivity index (χ3v) is 3.48. The average Bonchev–Trinajstić information content (AvgIpc) is 2.46. The highest BCUT2D eigenvalue weighted by molar-refractivity contribution is 5.94. The van der Waals surface area contributed by atoms with E-state index in [1.165, 1.54) is 0 Å². The summed E-state index contributed by atoms with van der Waals surface area (Å²) >= 11 is 0. The molecule has 1 aromatic rings. The van der Waals surface area contributed by atoms with Crippen LogP contribution in [0.3, 0.4) is 0 Å². The van der Waals surface area contributed by atoms with Crippen LogP contribution in [0.25, 0.3) is 0 Å². The molecule has 0 bridgehead atoms. The minimum absolute atomic E-state index is 0.150. The number of halogens is 3. The lowest BCUT2D eigenvalue weighted by molar-refractivity contribution is -0.141. The molecule has 0 aromatic carbocycles. The normalized spacial score (nSPS) is 18.3. The number of carbonyl (C=O) groups excluding carboxylic acids is 1. The molecule has 8 heteroatoms. The first-order valence-corrected chi connectivity index (χ1v) is 7.00. The molecule has 22 heavy (non-hydrogen) atoms. The monoisotopic (exact) mass is 317 g/mol. The Bertz CT molecular complexity index is 509. The molecular weight excluding hydrogens is 299 g/mol. The molecule has 2 rings (SSSR count). The Labute approximate surface area is 126 Å². The van der Waals surface area contributed by atoms with Crippen LogP contribution < -0.4 is 0 Å². The number of amides is 1. The Balaban J connectivity index is 1.95. The molecule has 1 aliphatic heterocycles. The molecule has 122 valence electrons. The van der Waals surface area contributed by atoms with Gasteiger partial charge in [-0.1, -0.05) is 0 Å². The molecule has 2 heterocycles. The quantitative estimate of drug-likeness (QED) is 0.911. The topological polar surface area (TPSA) is 56.7 Å². The van der Waals surface area contributed by atoms with E-state index in [1.54, 1.807) is 11.8 Å². The summed E-state index contributed by atoms with van der Waals surface area (Å²) in [6, 6.07) is 1.97. The van der Waals surface area contributed by atoms with E-state index in [0.29, 0.717) is 32.7 Å². The summed E-state index contributed by atoms with van der Waals surface area (Å²) in [4.78, 5) is 19.2. The fourth-order valence-electron chi connectivity index (χ4n) is 2.38. The van der Waals surface area contributed by atoms with E-state index < -0.39 is 18.0 Å². The molecule has 1 amide bonds. The van der Waals surface area contributed by atoms with Gasteiger partial charge in [-0.05, 0) is 19.1 Å². The van der Waals surface area contributed by atoms with Crippen LogP contribution in [0.1, 0.15) is 23.0 Å². The lowest BCUT2D eigenvalue weighted by Crippen LogP contribution is -2.50. The van der Waals surface area contributed by atoms with E-state index in [4.69, 9.17) is 0 Å². The van der Waals surface area contributed by atoms with Gasteiger partial charge >= 0.3 is 6.18 Å². The van der Waals surface area contributed by atoms with E-state index in [9.17, 15) is 23.1 Å². The maximum absolute atomic E-state index is 12.4. The van der Waals surface area contributed by atoms with Gasteiger partial charge in [0.15, 0.2) is 0 Å². The molecule has 0 radical (unpaired) electrons. The standard InChI is InChI=1S/C14H18F3N3O2/c1-10(21)9-19-4-6-20(7-5-19)13(22)11-2-3-12(18-8-11)14(15,16)17/h2-3,8,10,21H,4-7,9H2,1H3/t10-/m1/s1. The number of hydrogen-bond acceptors (Lipinski definition) is 4. The second-order valence-electron chi connectivity index (χ2n) is 5.37. The number of pyridine rings is 1. The number of carbonyl (C=O) groups is 1. The third kappa shape index (κ3) is 4.17. The molecule has 1 fully saturated rings. The fourth-order valence-corrected chi connectivity index (χ4v) is 2.38. The Morgan fingerprint density at radius 1 is 1.32 bits per heavy atom. The summed E-state index contributed by atoms with van der Waals surface area (Å²) in [7, 11) is 0. The van der Waals surface area contributed by atoms with Gasteiger partial charge in [-0.3, -0.25) is 14.7 Å². The smallest absolute Gasteiger partial charge is 0.392 e. The van der Waals surface area contributed by atoms with Crippen LogP contribution in [-0.2, 0) is 6.18 Å². The minimum atomic E-state index is -4.51. The zero-order valence-corrected chi connectivity index (χ0v) is 12.2. The van der Waals surface area contributed by atoms with Gasteiger partial charge in [-0.15, -0.1) is 0 Å². The molecule has 0 saturated carbocycles. The Hall–Kier alpha value is -1.67. The molecule has 1 atom stereocenters. The van der Waals surface area contributed by atoms with Crippen molar-refractivity contribution < 1.29 is 23.1 Å². The zero-order chi connectivity index (χ0) is 16.3. The van der Waals surface area contributed by atoms with Crippen LogP contribution in [-0.4, -0.2) is 64.6 Å². The van der Waals surface area contributed by atoms with Gasteiger partial charge in [0, 0.05) is 38.9 Å². The zero-order valence-electron chi connectivity index (χ0n) is 12.2. The van der Waals surface area contributed by atoms with Crippen LogP contribution in [0.2, 0.25) is 0 Å². The molecular formula is C14H18F3N3O2. The van der Waals surface area contributed by atoms with Crippen LogP contribution in [0.5, 0.6) is 0 Å². The van der Waals surface area contributed by atoms with Crippen molar-refractivity contribution in [2.45, 2.75) is 19.2 Å². The van der Waals surface area contributed by atoms with E-state index in [2.05, 4.69) is 4.98 Å². The highest BCUT2D eigenvalue weighted by atomic mass is 19.4. The molecule has 1 saturated heterocycles. The SMILES string of the molecule is C[C@@H](O)CN1CCN(C(=O)c2ccc(C(F)(F)F)nc2)CC1. The molecule has 1 aromatic heterocycles. The molecule has 1 aliphatic rings. The summed E-state index contributed by atoms with van der Waals surface area (Å²) < 4.78 is 37.3. The summed E-state index contributed by atoms with van der Waals surface area (Å²) in [5.41, 5.74) is -0.859. The Morgan fingerprint density at radius 3 is 2.41 bits per heavy atom. The van der Waals surface area contributed by atoms with Gasteiger partial charge in [-0.2, -0.15) is 13.2 Å². The minimum Gasteiger partial charge on any atom is -0.392 e. The fraction of sp³-hybridized carbons (Fsp3) is 0.571. The third-order valence-electron chi connectivity index (χ3n) is 3.48. The van der Waals surface area contributed by atoms with Crippen molar-refractivity contribution >= 4 is 5.91 Å². The number of rotatable bonds is 3. The first kappa shape index (κ1) is 16.7. The van der Waals surface area contributed by atoms with Crippen LogP contribution in [0.15, 0.2) is 18.3 Å². The number of nitrogens with zero attached hydrogens (tertiary/aromatic N) is 3. The Kier molecular flexibility index (Phi) is 5.02. The molecule has 0 spiro atoms. The van der Waals surface area contributed by atoms with E-state index >= 15 is 0 Å². The van der Waals surface area contributed by atoms with E-state index in [0.717, 1.165) is 18.3 Å². The summed E-state index contributed by atoms with van der Waals surface area (Å²) in [5, 5.41) is 9.33. The van der Waals surface area contributed by atoms with Gasteiger partial charge < -0.3 is 10.0 Å². The van der Waals surface area contributed by atoms with Gasteiger partial charge in [0.1, 0.15) is 5.69 Å². The van der Waals surface area contributed by atoms with Gasteiger partial charge in [0.05, 0.1) is 11.7 Å². The summed E-state index contributed by atoms with van der Waals surface area (Å²) in [6.45, 7) is 4.46. The van der Waals surface area contributed by atoms with Crippen molar-refractivity contribution in [2.75, 3.05) is 32.7 Å². The number of β-amino-alcohol motifs (C(OH)–C–C–N with tert-alkyl or cyclic N) is 1. The number of aliphatic hydroxyl groups is 1. The van der Waals surface area contributed by atoms with Crippen molar-refractivity contribution in [1.29, 1.82) is 0 Å². The number of hydrogen-bond donors (Lipinski definition) is 1. The molecule has 5 nitrogen and oxygen atoms in total. The predicted molar refractivity (Wildman–Crippen MR) is 73.3 cm³/mol. The number of alkyl halides is 3. The van der Waals surface area contributed by atoms with Crippen molar-refractivity contribution in [3.63, 3.8) is 0 Å². The van der Waals surface area contributed by atoms with Crippen LogP contribution in [0.4, 0.5) is 13.2 Å². The van der Waals surface area contributed by atoms with Gasteiger partial charge in [0.25, 0.3) is 5.91 Å². The number of aromatic nitrogens is 1. The number of aliphatic hydroxyl groups excluding tert-OH is 1. The van der Waals surface area contributed by atoms with E-state index in [-0.39, 0.29) is 11.5 Å². The van der Waals surface area contributed by atoms with Crippen LogP contribution >= 0.6 is 0 Å². The van der Waals surface area contributed by atoms with Crippen molar-refractivity contribution in [3.05, 3.63) is 29.6 Å². The van der Waals surface area contributed by atoms with Crippen molar-refractivity contribution in [1.82, 2.24) is 14.8 Å². The summed E-state index contributed by atoms with van der Waals surface area (Å²) in [6.07, 6.45) is -3.97. The second-order valence-corrected chi connectivity index (χ2v) is 5.37. The number of piperazine rings is 1. The van der Waals surface area contributed by atoms with Crippen LogP contribution in [0, 0.1) is 0 Å². The van der Waals surface area contributed by atoms with Crippen molar-refractivity contribution in [3.8, 4) is 0 Å². The first-order chi connectivity index (χ1) is 10.3. The molecule has 1 N–H and O–H groups in total. The lowest BCUT2D eigenvalue weighted by atomic mass is 10.2. The average molecular weight is 317 g/mol. The lowest BCUT2D eigenvalue weighted by Gasteiger charge is -2.35. The second kappa shape index (κ2) is 6.62.